The number of carbonyl (C=O) groups is 5. The van der Waals surface area contributed by atoms with Crippen molar-refractivity contribution in [2.45, 2.75) is 213 Å². The van der Waals surface area contributed by atoms with Crippen molar-refractivity contribution in [1.29, 1.82) is 0 Å². The molecule has 0 aromatic heterocycles. The molecule has 408 valence electrons. The van der Waals surface area contributed by atoms with Crippen molar-refractivity contribution >= 4 is 45.9 Å². The van der Waals surface area contributed by atoms with Crippen LogP contribution < -0.4 is 0 Å². The van der Waals surface area contributed by atoms with Gasteiger partial charge in [-0.1, -0.05) is 71.1 Å². The average Bonchev–Trinajstić information content (AvgIpc) is 3.80. The van der Waals surface area contributed by atoms with Crippen molar-refractivity contribution in [1.82, 2.24) is 4.90 Å². The van der Waals surface area contributed by atoms with Crippen molar-refractivity contribution < 1.29 is 61.6 Å². The van der Waals surface area contributed by atoms with Gasteiger partial charge in [0.25, 0.3) is 11.7 Å². The van der Waals surface area contributed by atoms with E-state index in [1.807, 2.05) is 58.1 Å². The predicted molar refractivity (Wildman–Crippen MR) is 285 cm³/mol. The fourth-order valence-corrected chi connectivity index (χ4v) is 13.4. The second kappa shape index (κ2) is 27.2. The Morgan fingerprint density at radius 1 is 0.806 bits per heavy atom. The molecule has 1 N–H and O–H groups in total. The van der Waals surface area contributed by atoms with Crippen LogP contribution in [0.15, 0.2) is 47.6 Å². The molecule has 4 aliphatic rings. The fourth-order valence-electron chi connectivity index (χ4n) is 11.1. The van der Waals surface area contributed by atoms with Crippen LogP contribution in [-0.4, -0.2) is 138 Å². The van der Waals surface area contributed by atoms with E-state index in [0.717, 1.165) is 24.8 Å². The van der Waals surface area contributed by atoms with Crippen molar-refractivity contribution in [3.63, 3.8) is 0 Å². The van der Waals surface area contributed by atoms with Crippen molar-refractivity contribution in [3.05, 3.63) is 47.6 Å². The summed E-state index contributed by atoms with van der Waals surface area (Å²) in [4.78, 5) is 73.1. The first-order chi connectivity index (χ1) is 33.6. The molecule has 14 nitrogen and oxygen atoms in total. The zero-order valence-electron chi connectivity index (χ0n) is 46.8. The third-order valence-corrected chi connectivity index (χ3v) is 17.2. The lowest BCUT2D eigenvalue weighted by Crippen LogP contribution is -2.59. The number of amides is 1. The summed E-state index contributed by atoms with van der Waals surface area (Å²) in [6.45, 7) is 26.1. The number of aliphatic hydroxyl groups is 1. The number of rotatable bonds is 10. The largest absolute Gasteiger partial charge is 0.460 e. The SMILES string of the molecule is CO[C@H]1C[C@@H]2CC[C@@H](C)[C@@](O)(O2)C(=O)C(=O)N2CCC[C@H]2C(=O)O[C@H]([C@H](C)C[C@@H]2CC[C@@H](O[Si](C)(C)C)[C@H](OC)C2)CC(=O)C(C)=CC(C)[C@@H](O[Si](C)(C)C)[C@@H](OC)C(=O)[C@H](C)C[C@H](C)C=CC=CC=C1C. The van der Waals surface area contributed by atoms with Gasteiger partial charge in [-0.05, 0) is 140 Å². The summed E-state index contributed by atoms with van der Waals surface area (Å²) in [5, 5.41) is 12.0. The highest BCUT2D eigenvalue weighted by Gasteiger charge is 2.53. The Labute approximate surface area is 434 Å². The number of Topliss-reactive ketones (excluding diaryl/α,β-unsaturated/α-hetero) is 3. The van der Waals surface area contributed by atoms with Crippen LogP contribution in [0, 0.1) is 35.5 Å². The van der Waals surface area contributed by atoms with Gasteiger partial charge in [0.1, 0.15) is 18.2 Å². The van der Waals surface area contributed by atoms with Crippen LogP contribution in [-0.2, 0) is 56.5 Å². The van der Waals surface area contributed by atoms with Gasteiger partial charge in [-0.25, -0.2) is 4.79 Å². The molecule has 1 unspecified atom stereocenters. The summed E-state index contributed by atoms with van der Waals surface area (Å²) in [6.07, 6.45) is 13.6. The second-order valence-electron chi connectivity index (χ2n) is 23.7. The number of cyclic esters (lactones) is 1. The Kier molecular flexibility index (Phi) is 23.3. The van der Waals surface area contributed by atoms with Gasteiger partial charge in [0, 0.05) is 58.5 Å². The standard InChI is InChI=1S/C56H93NO13Si2/c1-35-21-18-17-19-22-36(2)47(64-8)33-43-26-24-41(7)56(63,68-43)53(60)54(61)57-28-20-23-44(57)55(62)67-48(38(4)31-42-25-27-46(49(32-42)65-9)69-71(11,12)13)34-45(58)37(3)30-40(6)51(70-72(14,15)16)52(66-10)50(59)39(5)29-35/h17-19,21-22,30,35,38-44,46-49,51-52,63H,20,23-29,31-34H2,1-16H3/t35-,38-,39-,40?,41-,42+,43+,44+,46-,47+,48+,49-,51-,52+,56-/m1/s1. The summed E-state index contributed by atoms with van der Waals surface area (Å²) >= 11 is 0. The highest BCUT2D eigenvalue weighted by molar-refractivity contribution is 6.70. The summed E-state index contributed by atoms with van der Waals surface area (Å²) in [5.41, 5.74) is 1.34. The number of nitrogens with zero attached hydrogens (tertiary/aromatic N) is 1. The molecule has 72 heavy (non-hydrogen) atoms. The first-order valence-corrected chi connectivity index (χ1v) is 33.6. The number of hydrogen-bond acceptors (Lipinski definition) is 13. The van der Waals surface area contributed by atoms with E-state index in [2.05, 4.69) is 52.3 Å². The van der Waals surface area contributed by atoms with E-state index < -0.39 is 88.5 Å². The van der Waals surface area contributed by atoms with Gasteiger partial charge in [0.2, 0.25) is 5.79 Å². The van der Waals surface area contributed by atoms with Crippen LogP contribution in [0.25, 0.3) is 0 Å². The first kappa shape index (κ1) is 61.6. The highest BCUT2D eigenvalue weighted by Crippen LogP contribution is 2.39. The molecule has 0 radical (unpaired) electrons. The molecule has 3 fully saturated rings. The summed E-state index contributed by atoms with van der Waals surface area (Å²) in [6, 6.07) is -1.11. The van der Waals surface area contributed by atoms with Gasteiger partial charge in [-0.15, -0.1) is 0 Å². The van der Waals surface area contributed by atoms with Gasteiger partial charge in [-0.3, -0.25) is 19.2 Å². The number of methoxy groups -OCH3 is 3. The van der Waals surface area contributed by atoms with Gasteiger partial charge < -0.3 is 42.5 Å². The minimum Gasteiger partial charge on any atom is -0.460 e. The molecule has 1 saturated carbocycles. The van der Waals surface area contributed by atoms with E-state index in [9.17, 15) is 29.1 Å². The number of allylic oxidation sites excluding steroid dienone is 6. The molecule has 2 saturated heterocycles. The first-order valence-electron chi connectivity index (χ1n) is 26.8. The average molecular weight is 1040 g/mol. The molecule has 2 bridgehead atoms. The molecule has 0 spiro atoms. The van der Waals surface area contributed by atoms with E-state index in [1.54, 1.807) is 28.1 Å². The summed E-state index contributed by atoms with van der Waals surface area (Å²) < 4.78 is 43.7. The summed E-state index contributed by atoms with van der Waals surface area (Å²) in [7, 11) is 0.733. The van der Waals surface area contributed by atoms with E-state index >= 15 is 0 Å². The molecule has 15 atom stereocenters. The van der Waals surface area contributed by atoms with Crippen molar-refractivity contribution in [2.24, 2.45) is 35.5 Å². The minimum absolute atomic E-state index is 0.00540. The molecule has 1 aliphatic carbocycles. The Morgan fingerprint density at radius 2 is 1.49 bits per heavy atom. The molecular weight excluding hydrogens is 951 g/mol. The molecule has 0 aromatic carbocycles. The second-order valence-corrected chi connectivity index (χ2v) is 32.6. The van der Waals surface area contributed by atoms with Crippen LogP contribution in [0.2, 0.25) is 39.3 Å². The quantitative estimate of drug-likeness (QED) is 0.125. The Morgan fingerprint density at radius 3 is 2.11 bits per heavy atom. The maximum atomic E-state index is 14.5. The number of fused-ring (bicyclic) bond motifs is 3. The number of esters is 1. The molecule has 16 heteroatoms. The fraction of sp³-hybridized carbons (Fsp3) is 0.768. The van der Waals surface area contributed by atoms with Crippen molar-refractivity contribution in [3.8, 4) is 0 Å². The van der Waals surface area contributed by atoms with Crippen LogP contribution in [0.1, 0.15) is 119 Å². The third kappa shape index (κ3) is 17.3. The molecule has 0 aromatic rings. The maximum Gasteiger partial charge on any atom is 0.329 e. The third-order valence-electron chi connectivity index (χ3n) is 15.2. The lowest BCUT2D eigenvalue weighted by atomic mass is 9.78. The molecule has 3 heterocycles. The molecule has 3 aliphatic heterocycles. The van der Waals surface area contributed by atoms with Gasteiger partial charge in [-0.2, -0.15) is 0 Å². The maximum absolute atomic E-state index is 14.5. The predicted octanol–water partition coefficient (Wildman–Crippen LogP) is 9.51. The number of ketones is 3. The van der Waals surface area contributed by atoms with Crippen LogP contribution >= 0.6 is 0 Å². The van der Waals surface area contributed by atoms with Gasteiger partial charge in [0.15, 0.2) is 28.2 Å². The monoisotopic (exact) mass is 1040 g/mol. The molecular formula is C56H93NO13Si2. The molecule has 4 rings (SSSR count). The van der Waals surface area contributed by atoms with Crippen LogP contribution in [0.5, 0.6) is 0 Å². The van der Waals surface area contributed by atoms with Gasteiger partial charge >= 0.3 is 5.97 Å². The lowest BCUT2D eigenvalue weighted by molar-refractivity contribution is -0.265. The Hall–Kier alpha value is -2.94. The zero-order valence-corrected chi connectivity index (χ0v) is 48.8. The van der Waals surface area contributed by atoms with E-state index in [4.69, 9.17) is 32.5 Å². The number of carbonyl (C=O) groups excluding carboxylic acids is 5. The van der Waals surface area contributed by atoms with E-state index in [1.165, 1.54) is 12.0 Å². The summed E-state index contributed by atoms with van der Waals surface area (Å²) in [5.74, 6) is -7.02. The zero-order chi connectivity index (χ0) is 53.9. The van der Waals surface area contributed by atoms with Crippen LogP contribution in [0.3, 0.4) is 0 Å². The van der Waals surface area contributed by atoms with Crippen LogP contribution in [0.4, 0.5) is 0 Å². The van der Waals surface area contributed by atoms with E-state index in [0.29, 0.717) is 44.1 Å². The van der Waals surface area contributed by atoms with Crippen molar-refractivity contribution in [2.75, 3.05) is 27.9 Å². The highest BCUT2D eigenvalue weighted by atomic mass is 28.4. The number of ether oxygens (including phenoxy) is 5. The van der Waals surface area contributed by atoms with Gasteiger partial charge in [0.05, 0.1) is 30.5 Å². The Balaban J connectivity index is 1.74. The smallest absolute Gasteiger partial charge is 0.329 e. The topological polar surface area (TPSA) is 173 Å². The minimum atomic E-state index is -2.41. The number of hydrogen-bond donors (Lipinski definition) is 1. The Bertz CT molecular complexity index is 1970. The normalized spacial score (nSPS) is 35.7. The molecule has 1 amide bonds. The lowest BCUT2D eigenvalue weighted by Gasteiger charge is -2.41. The van der Waals surface area contributed by atoms with E-state index in [-0.39, 0.29) is 66.8 Å².